The maximum atomic E-state index is 13.5. The Morgan fingerprint density at radius 2 is 1.78 bits per heavy atom. The van der Waals surface area contributed by atoms with Crippen LogP contribution in [-0.2, 0) is 22.6 Å². The number of likely N-dealkylation sites (N-methyl/N-ethyl adjacent to an activating group) is 1. The summed E-state index contributed by atoms with van der Waals surface area (Å²) >= 11 is 0. The molecule has 1 aromatic heterocycles. The zero-order valence-electron chi connectivity index (χ0n) is 23.0. The lowest BCUT2D eigenvalue weighted by Gasteiger charge is -2.29. The van der Waals surface area contributed by atoms with Crippen LogP contribution in [0.4, 0.5) is 4.79 Å². The van der Waals surface area contributed by atoms with Crippen molar-refractivity contribution >= 4 is 23.5 Å². The van der Waals surface area contributed by atoms with E-state index in [1.54, 1.807) is 11.9 Å². The van der Waals surface area contributed by atoms with Gasteiger partial charge in [-0.15, -0.1) is 0 Å². The molecule has 2 N–H and O–H groups in total. The van der Waals surface area contributed by atoms with Gasteiger partial charge in [-0.2, -0.15) is 0 Å². The first-order chi connectivity index (χ1) is 16.7. The van der Waals surface area contributed by atoms with Crippen LogP contribution < -0.4 is 10.6 Å². The number of ether oxygens (including phenoxy) is 1. The highest BCUT2D eigenvalue weighted by Crippen LogP contribution is 2.28. The number of aromatic nitrogens is 2. The van der Waals surface area contributed by atoms with Crippen LogP contribution in [0.2, 0.25) is 0 Å². The topological polar surface area (TPSA) is 109 Å². The van der Waals surface area contributed by atoms with Gasteiger partial charge < -0.3 is 29.7 Å². The van der Waals surface area contributed by atoms with Crippen molar-refractivity contribution in [1.29, 1.82) is 0 Å². The predicted octanol–water partition coefficient (Wildman–Crippen LogP) is 2.63. The smallest absolute Gasteiger partial charge is 0.410 e. The van der Waals surface area contributed by atoms with E-state index in [1.807, 2.05) is 54.7 Å². The van der Waals surface area contributed by atoms with Gasteiger partial charge in [0.1, 0.15) is 17.5 Å². The SMILES string of the molecule is CNC(=O)C(NC(=O)c1nc(C2=CCN(C(=O)OC(C)(C)C)CC2)n2c1CN(C)CCC2)C(C)(C)C. The number of amides is 3. The Morgan fingerprint density at radius 3 is 2.33 bits per heavy atom. The fraction of sp³-hybridized carbons (Fsp3) is 0.692. The largest absolute Gasteiger partial charge is 0.444 e. The molecule has 0 spiro atoms. The molecule has 2 aliphatic rings. The van der Waals surface area contributed by atoms with Crippen molar-refractivity contribution < 1.29 is 19.1 Å². The lowest BCUT2D eigenvalue weighted by atomic mass is 9.86. The molecule has 0 saturated carbocycles. The number of carbonyl (C=O) groups excluding carboxylic acids is 3. The van der Waals surface area contributed by atoms with E-state index in [0.29, 0.717) is 31.7 Å². The molecule has 0 fully saturated rings. The summed E-state index contributed by atoms with van der Waals surface area (Å²) in [5, 5.41) is 5.59. The fourth-order valence-corrected chi connectivity index (χ4v) is 4.53. The van der Waals surface area contributed by atoms with E-state index in [-0.39, 0.29) is 17.9 Å². The first kappa shape index (κ1) is 27.7. The molecule has 10 nitrogen and oxygen atoms in total. The first-order valence-electron chi connectivity index (χ1n) is 12.7. The van der Waals surface area contributed by atoms with Gasteiger partial charge >= 0.3 is 6.09 Å². The molecule has 1 aromatic rings. The summed E-state index contributed by atoms with van der Waals surface area (Å²) in [7, 11) is 3.60. The van der Waals surface area contributed by atoms with E-state index in [2.05, 4.69) is 20.1 Å². The maximum absolute atomic E-state index is 13.5. The van der Waals surface area contributed by atoms with Gasteiger partial charge in [0.25, 0.3) is 5.91 Å². The molecule has 0 aromatic carbocycles. The second-order valence-electron chi connectivity index (χ2n) is 11.8. The highest BCUT2D eigenvalue weighted by Gasteiger charge is 2.35. The maximum Gasteiger partial charge on any atom is 0.410 e. The third kappa shape index (κ3) is 6.46. The van der Waals surface area contributed by atoms with Crippen molar-refractivity contribution in [3.05, 3.63) is 23.3 Å². The Kier molecular flexibility index (Phi) is 8.17. The molecular weight excluding hydrogens is 460 g/mol. The number of nitrogens with zero attached hydrogens (tertiary/aromatic N) is 4. The Morgan fingerprint density at radius 1 is 1.08 bits per heavy atom. The van der Waals surface area contributed by atoms with E-state index in [0.717, 1.165) is 36.6 Å². The van der Waals surface area contributed by atoms with E-state index in [1.165, 1.54) is 0 Å². The van der Waals surface area contributed by atoms with E-state index >= 15 is 0 Å². The van der Waals surface area contributed by atoms with Gasteiger partial charge in [0.15, 0.2) is 5.69 Å². The van der Waals surface area contributed by atoms with Gasteiger partial charge in [0, 0.05) is 33.2 Å². The fourth-order valence-electron chi connectivity index (χ4n) is 4.53. The standard InChI is InChI=1S/C26H42N6O4/c1-25(2,3)20(23(34)27-7)29-22(33)19-18-16-30(8)12-9-13-32(18)21(28-19)17-10-14-31(15-11-17)24(35)36-26(4,5)6/h10,20H,9,11-16H2,1-8H3,(H,27,34)(H,29,33). The third-order valence-corrected chi connectivity index (χ3v) is 6.43. The molecule has 36 heavy (non-hydrogen) atoms. The monoisotopic (exact) mass is 502 g/mol. The zero-order valence-corrected chi connectivity index (χ0v) is 23.0. The van der Waals surface area contributed by atoms with Gasteiger partial charge in [-0.25, -0.2) is 9.78 Å². The molecule has 3 rings (SSSR count). The summed E-state index contributed by atoms with van der Waals surface area (Å²) in [4.78, 5) is 47.2. The van der Waals surface area contributed by atoms with Gasteiger partial charge in [-0.3, -0.25) is 9.59 Å². The summed E-state index contributed by atoms with van der Waals surface area (Å²) in [6.07, 6.45) is 3.23. The summed E-state index contributed by atoms with van der Waals surface area (Å²) in [5.41, 5.74) is 1.20. The Balaban J connectivity index is 1.92. The Labute approximate surface area is 214 Å². The summed E-state index contributed by atoms with van der Waals surface area (Å²) in [6.45, 7) is 14.5. The van der Waals surface area contributed by atoms with Crippen LogP contribution in [0.15, 0.2) is 6.08 Å². The normalized spacial score (nSPS) is 18.0. The number of rotatable bonds is 4. The average Bonchev–Trinajstić information content (AvgIpc) is 3.01. The molecule has 200 valence electrons. The zero-order chi connectivity index (χ0) is 26.8. The molecular formula is C26H42N6O4. The molecule has 2 aliphatic heterocycles. The first-order valence-corrected chi connectivity index (χ1v) is 12.7. The van der Waals surface area contributed by atoms with Crippen LogP contribution >= 0.6 is 0 Å². The second kappa shape index (κ2) is 10.6. The average molecular weight is 503 g/mol. The number of nitrogens with one attached hydrogen (secondary N) is 2. The van der Waals surface area contributed by atoms with Crippen LogP contribution in [0, 0.1) is 5.41 Å². The lowest BCUT2D eigenvalue weighted by Crippen LogP contribution is -2.53. The highest BCUT2D eigenvalue weighted by molar-refractivity contribution is 5.97. The van der Waals surface area contributed by atoms with Crippen LogP contribution in [0.25, 0.3) is 5.57 Å². The predicted molar refractivity (Wildman–Crippen MR) is 138 cm³/mol. The van der Waals surface area contributed by atoms with Crippen LogP contribution in [0.3, 0.4) is 0 Å². The van der Waals surface area contributed by atoms with Crippen molar-refractivity contribution in [3.8, 4) is 0 Å². The molecule has 3 amide bonds. The van der Waals surface area contributed by atoms with Gasteiger partial charge in [0.05, 0.1) is 5.69 Å². The molecule has 0 saturated heterocycles. The number of hydrogen-bond donors (Lipinski definition) is 2. The van der Waals surface area contributed by atoms with Crippen molar-refractivity contribution in [3.63, 3.8) is 0 Å². The molecule has 0 aliphatic carbocycles. The van der Waals surface area contributed by atoms with E-state index in [9.17, 15) is 14.4 Å². The van der Waals surface area contributed by atoms with Crippen molar-refractivity contribution in [2.45, 2.75) is 79.1 Å². The van der Waals surface area contributed by atoms with Gasteiger partial charge in [-0.05, 0) is 58.2 Å². The van der Waals surface area contributed by atoms with Gasteiger partial charge in [-0.1, -0.05) is 26.8 Å². The molecule has 3 heterocycles. The van der Waals surface area contributed by atoms with E-state index in [4.69, 9.17) is 9.72 Å². The molecule has 0 bridgehead atoms. The van der Waals surface area contributed by atoms with Gasteiger partial charge in [0.2, 0.25) is 5.91 Å². The Bertz CT molecular complexity index is 1030. The summed E-state index contributed by atoms with van der Waals surface area (Å²) in [5.74, 6) is 0.174. The van der Waals surface area contributed by atoms with Crippen molar-refractivity contribution in [2.75, 3.05) is 33.7 Å². The quantitative estimate of drug-likeness (QED) is 0.655. The van der Waals surface area contributed by atoms with Crippen LogP contribution in [-0.4, -0.2) is 82.6 Å². The lowest BCUT2D eigenvalue weighted by molar-refractivity contribution is -0.124. The van der Waals surface area contributed by atoms with Crippen LogP contribution in [0.1, 0.15) is 76.4 Å². The highest BCUT2D eigenvalue weighted by atomic mass is 16.6. The molecule has 10 heteroatoms. The summed E-state index contributed by atoms with van der Waals surface area (Å²) in [6, 6.07) is -0.699. The Hall–Kier alpha value is -2.88. The third-order valence-electron chi connectivity index (χ3n) is 6.43. The summed E-state index contributed by atoms with van der Waals surface area (Å²) < 4.78 is 7.65. The number of hydrogen-bond acceptors (Lipinski definition) is 6. The molecule has 1 atom stereocenters. The second-order valence-corrected chi connectivity index (χ2v) is 11.8. The van der Waals surface area contributed by atoms with E-state index < -0.39 is 17.1 Å². The van der Waals surface area contributed by atoms with Crippen molar-refractivity contribution in [2.24, 2.45) is 5.41 Å². The minimum Gasteiger partial charge on any atom is -0.444 e. The number of carbonyl (C=O) groups is 3. The molecule has 1 unspecified atom stereocenters. The molecule has 0 radical (unpaired) electrons. The number of fused-ring (bicyclic) bond motifs is 1. The minimum absolute atomic E-state index is 0.240. The number of imidazole rings is 1. The minimum atomic E-state index is -0.699. The van der Waals surface area contributed by atoms with Crippen LogP contribution in [0.5, 0.6) is 0 Å². The van der Waals surface area contributed by atoms with Crippen molar-refractivity contribution in [1.82, 2.24) is 30.0 Å².